The second-order valence-corrected chi connectivity index (χ2v) is 3.48. The number of carbonyl (C=O) groups excluding carboxylic acids is 1. The number of hydrogen-bond donors (Lipinski definition) is 1. The van der Waals surface area contributed by atoms with Crippen molar-refractivity contribution in [3.63, 3.8) is 0 Å². The molecule has 4 nitrogen and oxygen atoms in total. The van der Waals surface area contributed by atoms with Crippen molar-refractivity contribution in [3.05, 3.63) is 12.4 Å². The maximum absolute atomic E-state index is 11.7. The molecular weight excluding hydrogens is 166 g/mol. The van der Waals surface area contributed by atoms with Crippen molar-refractivity contribution in [2.45, 2.75) is 19.3 Å². The van der Waals surface area contributed by atoms with Crippen LogP contribution in [-0.4, -0.2) is 23.2 Å². The lowest BCUT2D eigenvalue weighted by Gasteiger charge is -2.28. The molecule has 1 N–H and O–H groups in total. The Morgan fingerprint density at radius 3 is 2.92 bits per heavy atom. The SMILES string of the molecule is CN(C(=O)C1CCC1)c1cn[nH]c1. The molecule has 1 aromatic rings. The van der Waals surface area contributed by atoms with Crippen LogP contribution in [0.1, 0.15) is 19.3 Å². The molecule has 1 aliphatic rings. The van der Waals surface area contributed by atoms with Gasteiger partial charge < -0.3 is 4.90 Å². The van der Waals surface area contributed by atoms with Crippen molar-refractivity contribution in [2.75, 3.05) is 11.9 Å². The first kappa shape index (κ1) is 8.29. The minimum absolute atomic E-state index is 0.215. The van der Waals surface area contributed by atoms with E-state index in [0.717, 1.165) is 18.5 Å². The van der Waals surface area contributed by atoms with Crippen LogP contribution in [-0.2, 0) is 4.79 Å². The van der Waals surface area contributed by atoms with Crippen LogP contribution < -0.4 is 4.90 Å². The molecule has 1 fully saturated rings. The summed E-state index contributed by atoms with van der Waals surface area (Å²) < 4.78 is 0. The number of H-pyrrole nitrogens is 1. The lowest BCUT2D eigenvalue weighted by atomic mass is 9.84. The highest BCUT2D eigenvalue weighted by Gasteiger charge is 2.28. The second-order valence-electron chi connectivity index (χ2n) is 3.48. The second kappa shape index (κ2) is 3.20. The Morgan fingerprint density at radius 1 is 1.69 bits per heavy atom. The van der Waals surface area contributed by atoms with Gasteiger partial charge in [0, 0.05) is 19.2 Å². The molecule has 1 heterocycles. The Bertz CT molecular complexity index is 290. The van der Waals surface area contributed by atoms with Gasteiger partial charge in [-0.2, -0.15) is 5.10 Å². The van der Waals surface area contributed by atoms with Crippen molar-refractivity contribution < 1.29 is 4.79 Å². The Hall–Kier alpha value is -1.32. The van der Waals surface area contributed by atoms with Crippen molar-refractivity contribution in [2.24, 2.45) is 5.92 Å². The molecule has 0 saturated heterocycles. The molecule has 0 spiro atoms. The minimum atomic E-state index is 0.215. The molecule has 1 aliphatic carbocycles. The van der Waals surface area contributed by atoms with E-state index in [2.05, 4.69) is 10.2 Å². The summed E-state index contributed by atoms with van der Waals surface area (Å²) in [5, 5.41) is 6.51. The first-order valence-corrected chi connectivity index (χ1v) is 4.55. The van der Waals surface area contributed by atoms with E-state index in [1.807, 2.05) is 0 Å². The molecule has 13 heavy (non-hydrogen) atoms. The summed E-state index contributed by atoms with van der Waals surface area (Å²) in [4.78, 5) is 13.4. The molecule has 1 amide bonds. The largest absolute Gasteiger partial charge is 0.312 e. The predicted molar refractivity (Wildman–Crippen MR) is 49.3 cm³/mol. The highest BCUT2D eigenvalue weighted by Crippen LogP contribution is 2.29. The fourth-order valence-electron chi connectivity index (χ4n) is 1.48. The molecule has 4 heteroatoms. The maximum Gasteiger partial charge on any atom is 0.229 e. The molecule has 2 rings (SSSR count). The Balaban J connectivity index is 2.04. The molecule has 70 valence electrons. The fourth-order valence-corrected chi connectivity index (χ4v) is 1.48. The van der Waals surface area contributed by atoms with E-state index in [1.165, 1.54) is 6.42 Å². The first-order chi connectivity index (χ1) is 6.29. The van der Waals surface area contributed by atoms with E-state index < -0.39 is 0 Å². The van der Waals surface area contributed by atoms with E-state index in [0.29, 0.717) is 0 Å². The summed E-state index contributed by atoms with van der Waals surface area (Å²) >= 11 is 0. The fraction of sp³-hybridized carbons (Fsp3) is 0.556. The van der Waals surface area contributed by atoms with Crippen LogP contribution in [0.5, 0.6) is 0 Å². The zero-order valence-corrected chi connectivity index (χ0v) is 7.66. The van der Waals surface area contributed by atoms with Gasteiger partial charge in [0.1, 0.15) is 0 Å². The molecule has 0 unspecified atom stereocenters. The van der Waals surface area contributed by atoms with Crippen LogP contribution in [0.4, 0.5) is 5.69 Å². The van der Waals surface area contributed by atoms with Gasteiger partial charge >= 0.3 is 0 Å². The third-order valence-electron chi connectivity index (χ3n) is 2.66. The first-order valence-electron chi connectivity index (χ1n) is 4.55. The summed E-state index contributed by atoms with van der Waals surface area (Å²) in [6, 6.07) is 0. The number of rotatable bonds is 2. The average molecular weight is 179 g/mol. The molecule has 0 atom stereocenters. The van der Waals surface area contributed by atoms with Gasteiger partial charge in [0.2, 0.25) is 5.91 Å². The van der Waals surface area contributed by atoms with Crippen molar-refractivity contribution in [3.8, 4) is 0 Å². The molecule has 0 bridgehead atoms. The minimum Gasteiger partial charge on any atom is -0.312 e. The maximum atomic E-state index is 11.7. The third-order valence-corrected chi connectivity index (χ3v) is 2.66. The van der Waals surface area contributed by atoms with E-state index in [1.54, 1.807) is 24.3 Å². The zero-order valence-electron chi connectivity index (χ0n) is 7.66. The number of aromatic amines is 1. The number of aromatic nitrogens is 2. The smallest absolute Gasteiger partial charge is 0.229 e. The van der Waals surface area contributed by atoms with E-state index in [4.69, 9.17) is 0 Å². The lowest BCUT2D eigenvalue weighted by molar-refractivity contribution is -0.124. The molecule has 1 saturated carbocycles. The summed E-state index contributed by atoms with van der Waals surface area (Å²) in [5.41, 5.74) is 0.844. The number of nitrogens with zero attached hydrogens (tertiary/aromatic N) is 2. The van der Waals surface area contributed by atoms with Gasteiger partial charge in [0.25, 0.3) is 0 Å². The van der Waals surface area contributed by atoms with Crippen molar-refractivity contribution >= 4 is 11.6 Å². The molecule has 1 aromatic heterocycles. The summed E-state index contributed by atoms with van der Waals surface area (Å²) in [7, 11) is 1.80. The topological polar surface area (TPSA) is 49.0 Å². The van der Waals surface area contributed by atoms with Gasteiger partial charge in [-0.05, 0) is 12.8 Å². The molecule has 0 aliphatic heterocycles. The van der Waals surface area contributed by atoms with Gasteiger partial charge in [-0.15, -0.1) is 0 Å². The Morgan fingerprint density at radius 2 is 2.46 bits per heavy atom. The lowest BCUT2D eigenvalue weighted by Crippen LogP contribution is -2.35. The molecule has 0 aromatic carbocycles. The highest BCUT2D eigenvalue weighted by atomic mass is 16.2. The number of hydrogen-bond acceptors (Lipinski definition) is 2. The molecular formula is C9H13N3O. The number of amides is 1. The van der Waals surface area contributed by atoms with Gasteiger partial charge in [-0.3, -0.25) is 9.89 Å². The van der Waals surface area contributed by atoms with Gasteiger partial charge in [-0.25, -0.2) is 0 Å². The van der Waals surface area contributed by atoms with Gasteiger partial charge in [0.05, 0.1) is 11.9 Å². The predicted octanol–water partition coefficient (Wildman–Crippen LogP) is 1.17. The highest BCUT2D eigenvalue weighted by molar-refractivity contribution is 5.94. The summed E-state index contributed by atoms with van der Waals surface area (Å²) in [6.45, 7) is 0. The standard InChI is InChI=1S/C9H13N3O/c1-12(8-5-10-11-6-8)9(13)7-3-2-4-7/h5-7H,2-4H2,1H3,(H,10,11). The van der Waals surface area contributed by atoms with E-state index in [9.17, 15) is 4.79 Å². The van der Waals surface area contributed by atoms with Crippen LogP contribution >= 0.6 is 0 Å². The average Bonchev–Trinajstić information content (AvgIpc) is 2.51. The summed E-state index contributed by atoms with van der Waals surface area (Å²) in [5.74, 6) is 0.465. The van der Waals surface area contributed by atoms with Crippen LogP contribution in [0, 0.1) is 5.92 Å². The van der Waals surface area contributed by atoms with Crippen LogP contribution in [0.15, 0.2) is 12.4 Å². The van der Waals surface area contributed by atoms with E-state index >= 15 is 0 Å². The Labute approximate surface area is 76.9 Å². The number of carbonyl (C=O) groups is 1. The Kier molecular flexibility index (Phi) is 2.04. The van der Waals surface area contributed by atoms with E-state index in [-0.39, 0.29) is 11.8 Å². The van der Waals surface area contributed by atoms with Crippen LogP contribution in [0.3, 0.4) is 0 Å². The monoisotopic (exact) mass is 179 g/mol. The molecule has 0 radical (unpaired) electrons. The van der Waals surface area contributed by atoms with Gasteiger partial charge in [-0.1, -0.05) is 6.42 Å². The quantitative estimate of drug-likeness (QED) is 0.741. The van der Waals surface area contributed by atoms with Crippen molar-refractivity contribution in [1.82, 2.24) is 10.2 Å². The number of anilines is 1. The van der Waals surface area contributed by atoms with Crippen LogP contribution in [0.2, 0.25) is 0 Å². The normalized spacial score (nSPS) is 16.7. The summed E-state index contributed by atoms with van der Waals surface area (Å²) in [6.07, 6.45) is 6.67. The van der Waals surface area contributed by atoms with Crippen LogP contribution in [0.25, 0.3) is 0 Å². The third kappa shape index (κ3) is 1.43. The zero-order chi connectivity index (χ0) is 9.26. The number of nitrogens with one attached hydrogen (secondary N) is 1. The van der Waals surface area contributed by atoms with Gasteiger partial charge in [0.15, 0.2) is 0 Å². The van der Waals surface area contributed by atoms with Crippen molar-refractivity contribution in [1.29, 1.82) is 0 Å².